The van der Waals surface area contributed by atoms with Crippen LogP contribution in [0.15, 0.2) is 123 Å². The summed E-state index contributed by atoms with van der Waals surface area (Å²) in [5.41, 5.74) is 5.14. The van der Waals surface area contributed by atoms with Gasteiger partial charge in [0, 0.05) is 45.8 Å². The second kappa shape index (κ2) is 15.8. The maximum absolute atomic E-state index is 13.1. The lowest BCUT2D eigenvalue weighted by atomic mass is 9.88. The first-order valence-corrected chi connectivity index (χ1v) is 16.3. The van der Waals surface area contributed by atoms with E-state index in [-0.39, 0.29) is 33.8 Å². The highest BCUT2D eigenvalue weighted by atomic mass is 16.6. The second-order valence-electron chi connectivity index (χ2n) is 11.4. The third-order valence-electron chi connectivity index (χ3n) is 8.20. The maximum Gasteiger partial charge on any atom is 0.335 e. The first-order valence-electron chi connectivity index (χ1n) is 16.3. The van der Waals surface area contributed by atoms with E-state index in [0.29, 0.717) is 21.9 Å². The van der Waals surface area contributed by atoms with Gasteiger partial charge in [-0.25, -0.2) is 19.2 Å². The molecular formula is C43H36O8. The Hall–Kier alpha value is -6.54. The lowest BCUT2D eigenvalue weighted by Gasteiger charge is -2.22. The van der Waals surface area contributed by atoms with Crippen molar-refractivity contribution in [3.8, 4) is 45.3 Å². The smallest absolute Gasteiger partial charge is 0.335 e. The number of aryl methyl sites for hydroxylation is 2. The summed E-state index contributed by atoms with van der Waals surface area (Å²) in [7, 11) is 0. The number of ether oxygens (including phenoxy) is 4. The van der Waals surface area contributed by atoms with Crippen molar-refractivity contribution >= 4 is 45.4 Å². The van der Waals surface area contributed by atoms with E-state index >= 15 is 0 Å². The lowest BCUT2D eigenvalue weighted by Crippen LogP contribution is -2.11. The van der Waals surface area contributed by atoms with Crippen LogP contribution >= 0.6 is 0 Å². The van der Waals surface area contributed by atoms with Gasteiger partial charge in [-0.2, -0.15) is 0 Å². The molecule has 0 aliphatic rings. The predicted molar refractivity (Wildman–Crippen MR) is 199 cm³/mol. The minimum atomic E-state index is -0.848. The molecule has 0 aliphatic carbocycles. The van der Waals surface area contributed by atoms with E-state index in [1.54, 1.807) is 0 Å². The molecule has 5 rings (SSSR count). The van der Waals surface area contributed by atoms with Crippen LogP contribution in [0.25, 0.3) is 43.8 Å². The van der Waals surface area contributed by atoms with E-state index in [1.165, 1.54) is 12.1 Å². The Bertz CT molecular complexity index is 2220. The Balaban J connectivity index is 2.06. The summed E-state index contributed by atoms with van der Waals surface area (Å²) >= 11 is 0. The molecule has 8 heteroatoms. The van der Waals surface area contributed by atoms with Gasteiger partial charge in [0.05, 0.1) is 0 Å². The summed E-state index contributed by atoms with van der Waals surface area (Å²) in [4.78, 5) is 51.2. The summed E-state index contributed by atoms with van der Waals surface area (Å²) in [6.07, 6.45) is 6.62. The van der Waals surface area contributed by atoms with E-state index in [9.17, 15) is 19.2 Å². The van der Waals surface area contributed by atoms with Gasteiger partial charge in [0.1, 0.15) is 11.5 Å². The van der Waals surface area contributed by atoms with Crippen molar-refractivity contribution in [2.24, 2.45) is 0 Å². The normalized spacial score (nSPS) is 10.6. The molecule has 0 amide bonds. The monoisotopic (exact) mass is 680 g/mol. The minimum absolute atomic E-state index is 0.0554. The number of rotatable bonds is 13. The predicted octanol–water partition coefficient (Wildman–Crippen LogP) is 9.21. The fraction of sp³-hybridized carbons (Fsp3) is 0.116. The van der Waals surface area contributed by atoms with Gasteiger partial charge >= 0.3 is 23.9 Å². The van der Waals surface area contributed by atoms with Crippen molar-refractivity contribution in [1.29, 1.82) is 0 Å². The third-order valence-corrected chi connectivity index (χ3v) is 8.20. The highest BCUT2D eigenvalue weighted by molar-refractivity contribution is 6.22. The molecular weight excluding hydrogens is 644 g/mol. The highest BCUT2D eigenvalue weighted by Gasteiger charge is 2.27. The van der Waals surface area contributed by atoms with Crippen molar-refractivity contribution in [3.63, 3.8) is 0 Å². The molecule has 0 N–H and O–H groups in total. The molecule has 5 aromatic rings. The maximum atomic E-state index is 13.1. The van der Waals surface area contributed by atoms with Gasteiger partial charge in [0.15, 0.2) is 11.5 Å². The molecule has 0 aliphatic heterocycles. The Morgan fingerprint density at radius 2 is 0.902 bits per heavy atom. The summed E-state index contributed by atoms with van der Waals surface area (Å²) in [5, 5.41) is 1.22. The lowest BCUT2D eigenvalue weighted by molar-refractivity contribution is -0.131. The number of esters is 4. The fourth-order valence-electron chi connectivity index (χ4n) is 5.78. The molecule has 8 nitrogen and oxygen atoms in total. The summed E-state index contributed by atoms with van der Waals surface area (Å²) in [5.74, 6) is -3.53. The molecule has 5 aromatic carbocycles. The zero-order chi connectivity index (χ0) is 36.7. The standard InChI is InChI=1S/C43H36O8/c1-7-13-27-16-20-29(21-17-27)31-23-22-30(28-18-14-26(8-2)15-19-28)40-41(31)43(51-39(47)12-6)33-25-35(49-37(45)10-4)34(48-36(44)9-3)24-32(33)42(40)50-38(46)11-5/h9-12,14-25H,3-8,13H2,1-2H3. The largest absolute Gasteiger partial charge is 0.422 e. The van der Waals surface area contributed by atoms with Gasteiger partial charge in [0.2, 0.25) is 0 Å². The Labute approximate surface area is 295 Å². The highest BCUT2D eigenvalue weighted by Crippen LogP contribution is 2.52. The first-order chi connectivity index (χ1) is 24.6. The Kier molecular flexibility index (Phi) is 11.1. The van der Waals surface area contributed by atoms with Crippen molar-refractivity contribution in [3.05, 3.63) is 135 Å². The van der Waals surface area contributed by atoms with E-state index in [4.69, 9.17) is 18.9 Å². The van der Waals surface area contributed by atoms with Crippen LogP contribution in [0.3, 0.4) is 0 Å². The van der Waals surface area contributed by atoms with Crippen molar-refractivity contribution < 1.29 is 38.1 Å². The van der Waals surface area contributed by atoms with Crippen LogP contribution < -0.4 is 18.9 Å². The average Bonchev–Trinajstić information content (AvgIpc) is 3.16. The van der Waals surface area contributed by atoms with Crippen LogP contribution in [-0.2, 0) is 32.0 Å². The summed E-state index contributed by atoms with van der Waals surface area (Å²) < 4.78 is 23.1. The van der Waals surface area contributed by atoms with Gasteiger partial charge in [-0.05, 0) is 58.4 Å². The summed E-state index contributed by atoms with van der Waals surface area (Å²) in [6.45, 7) is 18.3. The van der Waals surface area contributed by atoms with E-state index < -0.39 is 23.9 Å². The molecule has 0 spiro atoms. The number of carbonyl (C=O) groups excluding carboxylic acids is 4. The minimum Gasteiger partial charge on any atom is -0.422 e. The van der Waals surface area contributed by atoms with Gasteiger partial charge in [-0.15, -0.1) is 0 Å². The van der Waals surface area contributed by atoms with Crippen molar-refractivity contribution in [2.45, 2.75) is 33.1 Å². The fourth-order valence-corrected chi connectivity index (χ4v) is 5.78. The second-order valence-corrected chi connectivity index (χ2v) is 11.4. The van der Waals surface area contributed by atoms with Gasteiger partial charge in [0.25, 0.3) is 0 Å². The first kappa shape index (κ1) is 35.8. The molecule has 0 unspecified atom stereocenters. The van der Waals surface area contributed by atoms with Gasteiger partial charge in [-0.3, -0.25) is 0 Å². The van der Waals surface area contributed by atoms with Crippen LogP contribution in [0, 0.1) is 0 Å². The number of hydrogen-bond acceptors (Lipinski definition) is 8. The van der Waals surface area contributed by atoms with E-state index in [1.807, 2.05) is 60.7 Å². The molecule has 51 heavy (non-hydrogen) atoms. The Morgan fingerprint density at radius 1 is 0.529 bits per heavy atom. The molecule has 0 aromatic heterocycles. The molecule has 0 saturated carbocycles. The van der Waals surface area contributed by atoms with Gasteiger partial charge in [-0.1, -0.05) is 107 Å². The van der Waals surface area contributed by atoms with E-state index in [2.05, 4.69) is 40.2 Å². The number of fused-ring (bicyclic) bond motifs is 2. The zero-order valence-corrected chi connectivity index (χ0v) is 28.5. The SMILES string of the molecule is C=CC(=O)Oc1cc2c(OC(=O)C=C)c3c(-c4ccc(CC)cc4)ccc(-c4ccc(CCC)cc4)c3c(OC(=O)C=C)c2cc1OC(=O)C=C. The van der Waals surface area contributed by atoms with Crippen molar-refractivity contribution in [1.82, 2.24) is 0 Å². The van der Waals surface area contributed by atoms with E-state index in [0.717, 1.165) is 65.8 Å². The van der Waals surface area contributed by atoms with Crippen LogP contribution in [0.1, 0.15) is 31.4 Å². The topological polar surface area (TPSA) is 105 Å². The van der Waals surface area contributed by atoms with Crippen molar-refractivity contribution in [2.75, 3.05) is 0 Å². The Morgan fingerprint density at radius 3 is 1.25 bits per heavy atom. The molecule has 256 valence electrons. The number of benzene rings is 5. The van der Waals surface area contributed by atoms with Gasteiger partial charge < -0.3 is 18.9 Å². The summed E-state index contributed by atoms with van der Waals surface area (Å²) in [6, 6.07) is 22.5. The number of hydrogen-bond donors (Lipinski definition) is 0. The van der Waals surface area contributed by atoms with Crippen LogP contribution in [0.2, 0.25) is 0 Å². The van der Waals surface area contributed by atoms with Crippen LogP contribution in [0.4, 0.5) is 0 Å². The zero-order valence-electron chi connectivity index (χ0n) is 28.5. The molecule has 0 radical (unpaired) electrons. The molecule has 0 bridgehead atoms. The molecule has 0 fully saturated rings. The van der Waals surface area contributed by atoms with Crippen LogP contribution in [-0.4, -0.2) is 23.9 Å². The quantitative estimate of drug-likeness (QED) is 0.0525. The molecule has 0 heterocycles. The molecule has 0 saturated heterocycles. The molecule has 0 atom stereocenters. The average molecular weight is 681 g/mol. The van der Waals surface area contributed by atoms with Crippen LogP contribution in [0.5, 0.6) is 23.0 Å². The number of carbonyl (C=O) groups is 4. The third kappa shape index (κ3) is 7.55.